The molecule has 1 N–H and O–H groups in total. The smallest absolute Gasteiger partial charge is 0.258 e. The number of amides is 1. The zero-order valence-electron chi connectivity index (χ0n) is 12.5. The molecule has 0 saturated carbocycles. The highest BCUT2D eigenvalue weighted by Gasteiger charge is 2.21. The van der Waals surface area contributed by atoms with Gasteiger partial charge in [0.15, 0.2) is 6.61 Å². The first-order valence-electron chi connectivity index (χ1n) is 7.58. The van der Waals surface area contributed by atoms with Crippen LogP contribution in [0.25, 0.3) is 0 Å². The molecule has 0 heterocycles. The van der Waals surface area contributed by atoms with Gasteiger partial charge in [0.2, 0.25) is 0 Å². The summed E-state index contributed by atoms with van der Waals surface area (Å²) in [6, 6.07) is 13.2. The summed E-state index contributed by atoms with van der Waals surface area (Å²) in [6.07, 6.45) is 3.09. The highest BCUT2D eigenvalue weighted by atomic mass is 35.5. The number of carbonyl (C=O) groups is 1. The first kappa shape index (κ1) is 16.2. The zero-order chi connectivity index (χ0) is 16.2. The minimum atomic E-state index is -0.155. The van der Waals surface area contributed by atoms with Crippen molar-refractivity contribution in [3.63, 3.8) is 0 Å². The predicted molar refractivity (Wildman–Crippen MR) is 92.2 cm³/mol. The first-order valence-corrected chi connectivity index (χ1v) is 8.34. The average Bonchev–Trinajstić information content (AvgIpc) is 2.54. The van der Waals surface area contributed by atoms with Crippen LogP contribution in [0.2, 0.25) is 10.0 Å². The van der Waals surface area contributed by atoms with Crippen LogP contribution in [0.1, 0.15) is 30.0 Å². The van der Waals surface area contributed by atoms with Crippen molar-refractivity contribution in [3.05, 3.63) is 63.6 Å². The van der Waals surface area contributed by atoms with Crippen LogP contribution in [-0.2, 0) is 11.2 Å². The summed E-state index contributed by atoms with van der Waals surface area (Å²) in [6.45, 7) is -0.0694. The van der Waals surface area contributed by atoms with Crippen molar-refractivity contribution in [3.8, 4) is 5.75 Å². The van der Waals surface area contributed by atoms with Gasteiger partial charge in [-0.2, -0.15) is 0 Å². The van der Waals surface area contributed by atoms with Crippen molar-refractivity contribution < 1.29 is 9.53 Å². The molecular weight excluding hydrogens is 333 g/mol. The Hall–Kier alpha value is -1.71. The number of benzene rings is 2. The molecule has 0 fully saturated rings. The van der Waals surface area contributed by atoms with Crippen LogP contribution in [0.15, 0.2) is 42.5 Å². The van der Waals surface area contributed by atoms with Crippen LogP contribution >= 0.6 is 23.2 Å². The Morgan fingerprint density at radius 1 is 1.22 bits per heavy atom. The van der Waals surface area contributed by atoms with Crippen LogP contribution in [0.5, 0.6) is 5.75 Å². The van der Waals surface area contributed by atoms with Crippen molar-refractivity contribution in [1.29, 1.82) is 0 Å². The second kappa shape index (κ2) is 7.24. The lowest BCUT2D eigenvalue weighted by Gasteiger charge is -2.26. The Morgan fingerprint density at radius 2 is 2.04 bits per heavy atom. The van der Waals surface area contributed by atoms with Crippen molar-refractivity contribution in [1.82, 2.24) is 5.32 Å². The number of hydrogen-bond donors (Lipinski definition) is 1. The Balaban J connectivity index is 1.60. The molecule has 1 atom stereocenters. The molecule has 0 radical (unpaired) electrons. The molecule has 23 heavy (non-hydrogen) atoms. The average molecular weight is 350 g/mol. The monoisotopic (exact) mass is 349 g/mol. The van der Waals surface area contributed by atoms with Gasteiger partial charge in [0, 0.05) is 5.02 Å². The Morgan fingerprint density at radius 3 is 2.87 bits per heavy atom. The summed E-state index contributed by atoms with van der Waals surface area (Å²) in [5.41, 5.74) is 2.52. The van der Waals surface area contributed by atoms with Gasteiger partial charge in [-0.05, 0) is 48.6 Å². The highest BCUT2D eigenvalue weighted by Crippen LogP contribution is 2.30. The summed E-state index contributed by atoms with van der Waals surface area (Å²) in [5.74, 6) is 0.299. The molecule has 0 saturated heterocycles. The lowest BCUT2D eigenvalue weighted by atomic mass is 9.88. The van der Waals surface area contributed by atoms with E-state index in [1.807, 2.05) is 12.1 Å². The van der Waals surface area contributed by atoms with Gasteiger partial charge >= 0.3 is 0 Å². The van der Waals surface area contributed by atoms with Gasteiger partial charge < -0.3 is 10.1 Å². The molecule has 0 spiro atoms. The molecule has 1 aliphatic rings. The number of nitrogens with one attached hydrogen (secondary N) is 1. The molecule has 120 valence electrons. The molecule has 0 bridgehead atoms. The van der Waals surface area contributed by atoms with Crippen molar-refractivity contribution in [2.24, 2.45) is 0 Å². The number of hydrogen-bond acceptors (Lipinski definition) is 2. The SMILES string of the molecule is O=C(COc1ccc(Cl)cc1Cl)N[C@H]1CCCc2ccccc21. The lowest BCUT2D eigenvalue weighted by molar-refractivity contribution is -0.123. The van der Waals surface area contributed by atoms with E-state index in [0.717, 1.165) is 19.3 Å². The molecule has 0 aliphatic heterocycles. The van der Waals surface area contributed by atoms with E-state index in [0.29, 0.717) is 15.8 Å². The minimum absolute atomic E-state index is 0.0525. The Kier molecular flexibility index (Phi) is 5.09. The summed E-state index contributed by atoms with van der Waals surface area (Å²) in [7, 11) is 0. The van der Waals surface area contributed by atoms with E-state index >= 15 is 0 Å². The maximum absolute atomic E-state index is 12.2. The van der Waals surface area contributed by atoms with Gasteiger partial charge in [0.1, 0.15) is 5.75 Å². The van der Waals surface area contributed by atoms with Gasteiger partial charge in [-0.25, -0.2) is 0 Å². The molecule has 3 nitrogen and oxygen atoms in total. The normalized spacial score (nSPS) is 16.5. The molecule has 1 amide bonds. The third kappa shape index (κ3) is 3.98. The molecule has 5 heteroatoms. The number of carbonyl (C=O) groups excluding carboxylic acids is 1. The molecule has 1 aliphatic carbocycles. The summed E-state index contributed by atoms with van der Waals surface area (Å²) in [4.78, 5) is 12.2. The van der Waals surface area contributed by atoms with Crippen LogP contribution < -0.4 is 10.1 Å². The predicted octanol–water partition coefficient (Wildman–Crippen LogP) is 4.57. The Labute approximate surface area is 145 Å². The third-order valence-electron chi connectivity index (χ3n) is 3.96. The van der Waals surface area contributed by atoms with Crippen LogP contribution in [-0.4, -0.2) is 12.5 Å². The highest BCUT2D eigenvalue weighted by molar-refractivity contribution is 6.35. The van der Waals surface area contributed by atoms with E-state index in [2.05, 4.69) is 17.4 Å². The standard InChI is InChI=1S/C18H17Cl2NO2/c19-13-8-9-17(15(20)10-13)23-11-18(22)21-16-7-3-5-12-4-1-2-6-14(12)16/h1-2,4,6,8-10,16H,3,5,7,11H2,(H,21,22)/t16-/m0/s1. The van der Waals surface area contributed by atoms with Crippen molar-refractivity contribution in [2.75, 3.05) is 6.61 Å². The summed E-state index contributed by atoms with van der Waals surface area (Å²) in [5, 5.41) is 3.97. The largest absolute Gasteiger partial charge is 0.482 e. The van der Waals surface area contributed by atoms with Gasteiger partial charge in [0.25, 0.3) is 5.91 Å². The van der Waals surface area contributed by atoms with Crippen LogP contribution in [0.4, 0.5) is 0 Å². The van der Waals surface area contributed by atoms with Gasteiger partial charge in [-0.15, -0.1) is 0 Å². The molecular formula is C18H17Cl2NO2. The van der Waals surface area contributed by atoms with Gasteiger partial charge in [-0.3, -0.25) is 4.79 Å². The minimum Gasteiger partial charge on any atom is -0.482 e. The lowest BCUT2D eigenvalue weighted by Crippen LogP contribution is -2.34. The number of ether oxygens (including phenoxy) is 1. The third-order valence-corrected chi connectivity index (χ3v) is 4.49. The van der Waals surface area contributed by atoms with E-state index in [-0.39, 0.29) is 18.6 Å². The molecule has 2 aromatic rings. The molecule has 3 rings (SSSR count). The van der Waals surface area contributed by atoms with E-state index in [1.54, 1.807) is 18.2 Å². The molecule has 0 aromatic heterocycles. The molecule has 0 unspecified atom stereocenters. The maximum Gasteiger partial charge on any atom is 0.258 e. The second-order valence-electron chi connectivity index (χ2n) is 5.57. The van der Waals surface area contributed by atoms with Crippen LogP contribution in [0.3, 0.4) is 0 Å². The quantitative estimate of drug-likeness (QED) is 0.878. The van der Waals surface area contributed by atoms with E-state index < -0.39 is 0 Å². The topological polar surface area (TPSA) is 38.3 Å². The summed E-state index contributed by atoms with van der Waals surface area (Å²) < 4.78 is 5.48. The maximum atomic E-state index is 12.2. The number of aryl methyl sites for hydroxylation is 1. The fraction of sp³-hybridized carbons (Fsp3) is 0.278. The number of halogens is 2. The van der Waals surface area contributed by atoms with Gasteiger partial charge in [0.05, 0.1) is 11.1 Å². The fourth-order valence-corrected chi connectivity index (χ4v) is 3.34. The van der Waals surface area contributed by atoms with E-state index in [9.17, 15) is 4.79 Å². The van der Waals surface area contributed by atoms with E-state index in [4.69, 9.17) is 27.9 Å². The van der Waals surface area contributed by atoms with E-state index in [1.165, 1.54) is 11.1 Å². The van der Waals surface area contributed by atoms with Crippen LogP contribution in [0, 0.1) is 0 Å². The first-order chi connectivity index (χ1) is 11.1. The van der Waals surface area contributed by atoms with Crippen molar-refractivity contribution in [2.45, 2.75) is 25.3 Å². The fourth-order valence-electron chi connectivity index (χ4n) is 2.88. The number of rotatable bonds is 4. The second-order valence-corrected chi connectivity index (χ2v) is 6.42. The zero-order valence-corrected chi connectivity index (χ0v) is 14.0. The summed E-state index contributed by atoms with van der Waals surface area (Å²) >= 11 is 11.9. The van der Waals surface area contributed by atoms with Gasteiger partial charge in [-0.1, -0.05) is 47.5 Å². The molecule has 2 aromatic carbocycles. The Bertz CT molecular complexity index is 718. The number of fused-ring (bicyclic) bond motifs is 1. The van der Waals surface area contributed by atoms with Crippen molar-refractivity contribution >= 4 is 29.1 Å².